The van der Waals surface area contributed by atoms with Crippen molar-refractivity contribution in [1.82, 2.24) is 4.98 Å². The van der Waals surface area contributed by atoms with Gasteiger partial charge in [0, 0.05) is 12.2 Å². The molecule has 0 aliphatic carbocycles. The lowest BCUT2D eigenvalue weighted by Gasteiger charge is -2.19. The highest BCUT2D eigenvalue weighted by molar-refractivity contribution is 9.10. The number of nitrogens with one attached hydrogen (secondary N) is 1. The van der Waals surface area contributed by atoms with Gasteiger partial charge >= 0.3 is 0 Å². The molecule has 0 aromatic carbocycles. The third-order valence-corrected chi connectivity index (χ3v) is 3.01. The summed E-state index contributed by atoms with van der Waals surface area (Å²) in [4.78, 5) is 4.01. The summed E-state index contributed by atoms with van der Waals surface area (Å²) in [7, 11) is 0. The average molecular weight is 272 g/mol. The van der Waals surface area contributed by atoms with Gasteiger partial charge in [-0.1, -0.05) is 20.3 Å². The van der Waals surface area contributed by atoms with E-state index in [0.717, 1.165) is 23.0 Å². The van der Waals surface area contributed by atoms with Gasteiger partial charge in [-0.2, -0.15) is 0 Å². The molecule has 1 atom stereocenters. The summed E-state index contributed by atoms with van der Waals surface area (Å²) in [5.74, 6) is 0. The quantitative estimate of drug-likeness (QED) is 0.863. The molecule has 0 bridgehead atoms. The van der Waals surface area contributed by atoms with E-state index in [2.05, 4.69) is 40.1 Å². The van der Waals surface area contributed by atoms with Crippen LogP contribution in [0.3, 0.4) is 0 Å². The highest BCUT2D eigenvalue weighted by Gasteiger charge is 2.09. The summed E-state index contributed by atoms with van der Waals surface area (Å²) >= 11 is 3.45. The van der Waals surface area contributed by atoms with E-state index in [-0.39, 0.29) is 0 Å². The maximum absolute atomic E-state index is 5.87. The molecule has 0 fully saturated rings. The van der Waals surface area contributed by atoms with Gasteiger partial charge in [0.15, 0.2) is 0 Å². The van der Waals surface area contributed by atoms with Gasteiger partial charge in [-0.25, -0.2) is 0 Å². The van der Waals surface area contributed by atoms with Crippen molar-refractivity contribution in [3.8, 4) is 0 Å². The van der Waals surface area contributed by atoms with Crippen LogP contribution in [-0.4, -0.2) is 11.0 Å². The maximum Gasteiger partial charge on any atom is 0.0752 e. The number of nitrogens with two attached hydrogens (primary N) is 1. The van der Waals surface area contributed by atoms with Crippen LogP contribution in [0.15, 0.2) is 16.9 Å². The minimum absolute atomic E-state index is 0.482. The maximum atomic E-state index is 5.87. The van der Waals surface area contributed by atoms with Crippen LogP contribution in [0.1, 0.15) is 33.1 Å². The zero-order valence-corrected chi connectivity index (χ0v) is 10.8. The van der Waals surface area contributed by atoms with Crippen LogP contribution in [-0.2, 0) is 0 Å². The van der Waals surface area contributed by atoms with Crippen molar-refractivity contribution in [2.24, 2.45) is 0 Å². The summed E-state index contributed by atoms with van der Waals surface area (Å²) in [5.41, 5.74) is 7.52. The van der Waals surface area contributed by atoms with Crippen LogP contribution in [0.2, 0.25) is 0 Å². The first-order valence-corrected chi connectivity index (χ1v) is 6.13. The normalized spacial score (nSPS) is 12.5. The van der Waals surface area contributed by atoms with Gasteiger partial charge in [-0.15, -0.1) is 0 Å². The van der Waals surface area contributed by atoms with E-state index in [1.807, 2.05) is 0 Å². The molecule has 3 nitrogen and oxygen atoms in total. The highest BCUT2D eigenvalue weighted by atomic mass is 79.9. The minimum Gasteiger partial charge on any atom is -0.396 e. The molecular formula is C11H18BrN3. The predicted molar refractivity (Wildman–Crippen MR) is 69.0 cm³/mol. The first-order chi connectivity index (χ1) is 7.19. The lowest BCUT2D eigenvalue weighted by molar-refractivity contribution is 0.622. The fraction of sp³-hybridized carbons (Fsp3) is 0.545. The molecule has 0 saturated carbocycles. The summed E-state index contributed by atoms with van der Waals surface area (Å²) in [6, 6.07) is 0.482. The lowest BCUT2D eigenvalue weighted by Crippen LogP contribution is -2.19. The Hall–Kier alpha value is -0.770. The number of nitrogen functional groups attached to an aromatic ring is 1. The number of aromatic nitrogens is 1. The Kier molecular flexibility index (Phi) is 4.88. The van der Waals surface area contributed by atoms with Gasteiger partial charge < -0.3 is 11.1 Å². The van der Waals surface area contributed by atoms with Gasteiger partial charge in [0.1, 0.15) is 0 Å². The molecule has 0 amide bonds. The number of hydrogen-bond donors (Lipinski definition) is 2. The minimum atomic E-state index is 0.482. The molecule has 0 saturated heterocycles. The second kappa shape index (κ2) is 5.95. The van der Waals surface area contributed by atoms with Crippen molar-refractivity contribution in [1.29, 1.82) is 0 Å². The van der Waals surface area contributed by atoms with E-state index in [1.165, 1.54) is 6.42 Å². The molecule has 15 heavy (non-hydrogen) atoms. The first kappa shape index (κ1) is 12.3. The fourth-order valence-corrected chi connectivity index (χ4v) is 1.99. The second-order valence-electron chi connectivity index (χ2n) is 3.62. The van der Waals surface area contributed by atoms with Gasteiger partial charge in [0.25, 0.3) is 0 Å². The highest BCUT2D eigenvalue weighted by Crippen LogP contribution is 2.28. The van der Waals surface area contributed by atoms with Gasteiger partial charge in [-0.3, -0.25) is 4.98 Å². The van der Waals surface area contributed by atoms with E-state index in [0.29, 0.717) is 11.7 Å². The Bertz CT molecular complexity index is 294. The zero-order chi connectivity index (χ0) is 11.3. The SMILES string of the molecule is CCCC(CC)Nc1c(N)cncc1Br. The van der Waals surface area contributed by atoms with E-state index < -0.39 is 0 Å². The van der Waals surface area contributed by atoms with Gasteiger partial charge in [0.05, 0.1) is 22.0 Å². The van der Waals surface area contributed by atoms with Crippen LogP contribution in [0.5, 0.6) is 0 Å². The van der Waals surface area contributed by atoms with E-state index in [4.69, 9.17) is 5.73 Å². The largest absolute Gasteiger partial charge is 0.396 e. The predicted octanol–water partition coefficient (Wildman–Crippen LogP) is 3.42. The summed E-state index contributed by atoms with van der Waals surface area (Å²) in [6.07, 6.45) is 6.87. The van der Waals surface area contributed by atoms with Crippen molar-refractivity contribution < 1.29 is 0 Å². The number of pyridine rings is 1. The Morgan fingerprint density at radius 3 is 2.73 bits per heavy atom. The van der Waals surface area contributed by atoms with E-state index in [9.17, 15) is 0 Å². The molecule has 84 valence electrons. The van der Waals surface area contributed by atoms with E-state index in [1.54, 1.807) is 12.4 Å². The summed E-state index contributed by atoms with van der Waals surface area (Å²) in [5, 5.41) is 3.45. The van der Waals surface area contributed by atoms with Crippen molar-refractivity contribution in [2.45, 2.75) is 39.2 Å². The molecule has 0 aliphatic heterocycles. The molecule has 1 aromatic heterocycles. The van der Waals surface area contributed by atoms with Crippen LogP contribution in [0, 0.1) is 0 Å². The van der Waals surface area contributed by atoms with Crippen molar-refractivity contribution >= 4 is 27.3 Å². The molecule has 0 aliphatic rings. The molecule has 3 N–H and O–H groups in total. The lowest BCUT2D eigenvalue weighted by atomic mass is 10.1. The Balaban J connectivity index is 2.78. The van der Waals surface area contributed by atoms with Crippen LogP contribution >= 0.6 is 15.9 Å². The molecule has 1 rings (SSSR count). The van der Waals surface area contributed by atoms with Crippen molar-refractivity contribution in [3.63, 3.8) is 0 Å². The smallest absolute Gasteiger partial charge is 0.0752 e. The summed E-state index contributed by atoms with van der Waals surface area (Å²) in [6.45, 7) is 4.37. The first-order valence-electron chi connectivity index (χ1n) is 5.34. The average Bonchev–Trinajstić information content (AvgIpc) is 2.22. The van der Waals surface area contributed by atoms with Crippen LogP contribution in [0.4, 0.5) is 11.4 Å². The van der Waals surface area contributed by atoms with Gasteiger partial charge in [-0.05, 0) is 28.8 Å². The molecule has 4 heteroatoms. The summed E-state index contributed by atoms with van der Waals surface area (Å²) < 4.78 is 0.928. The third-order valence-electron chi connectivity index (χ3n) is 2.41. The van der Waals surface area contributed by atoms with Crippen molar-refractivity contribution in [3.05, 3.63) is 16.9 Å². The molecule has 1 heterocycles. The second-order valence-corrected chi connectivity index (χ2v) is 4.48. The molecule has 1 unspecified atom stereocenters. The van der Waals surface area contributed by atoms with Crippen LogP contribution < -0.4 is 11.1 Å². The Morgan fingerprint density at radius 1 is 1.47 bits per heavy atom. The number of halogens is 1. The number of hydrogen-bond acceptors (Lipinski definition) is 3. The number of nitrogens with zero attached hydrogens (tertiary/aromatic N) is 1. The Morgan fingerprint density at radius 2 is 2.20 bits per heavy atom. The molecule has 0 radical (unpaired) electrons. The third kappa shape index (κ3) is 3.38. The number of rotatable bonds is 5. The van der Waals surface area contributed by atoms with Crippen LogP contribution in [0.25, 0.3) is 0 Å². The standard InChI is InChI=1S/C11H18BrN3/c1-3-5-8(4-2)15-11-9(12)6-14-7-10(11)13/h6-8H,3-5,13H2,1-2H3,(H,14,15). The molecule has 1 aromatic rings. The Labute approximate surface area is 99.6 Å². The molecular weight excluding hydrogens is 254 g/mol. The monoisotopic (exact) mass is 271 g/mol. The fourth-order valence-electron chi connectivity index (χ4n) is 1.53. The topological polar surface area (TPSA) is 50.9 Å². The number of anilines is 2. The molecule has 0 spiro atoms. The van der Waals surface area contributed by atoms with E-state index >= 15 is 0 Å². The van der Waals surface area contributed by atoms with Crippen molar-refractivity contribution in [2.75, 3.05) is 11.1 Å². The zero-order valence-electron chi connectivity index (χ0n) is 9.26. The van der Waals surface area contributed by atoms with Gasteiger partial charge in [0.2, 0.25) is 0 Å².